The Balaban J connectivity index is 0.00000338. The molecule has 0 radical (unpaired) electrons. The monoisotopic (exact) mass is 515 g/mol. The minimum Gasteiger partial charge on any atom is -0.379 e. The van der Waals surface area contributed by atoms with E-state index >= 15 is 0 Å². The van der Waals surface area contributed by atoms with Crippen LogP contribution in [0.15, 0.2) is 23.2 Å². The average Bonchev–Trinajstić information content (AvgIpc) is 3.07. The Morgan fingerprint density at radius 3 is 2.69 bits per heavy atom. The molecule has 0 saturated carbocycles. The van der Waals surface area contributed by atoms with Gasteiger partial charge in [0.2, 0.25) is 0 Å². The van der Waals surface area contributed by atoms with Gasteiger partial charge < -0.3 is 20.1 Å². The van der Waals surface area contributed by atoms with Crippen LogP contribution in [-0.4, -0.2) is 51.5 Å². The summed E-state index contributed by atoms with van der Waals surface area (Å²) in [6, 6.07) is 5.61. The Bertz CT molecular complexity index is 535. The number of hydrogen-bond donors (Lipinski definition) is 2. The average molecular weight is 516 g/mol. The normalized spacial score (nSPS) is 17.0. The van der Waals surface area contributed by atoms with Gasteiger partial charge in [-0.1, -0.05) is 23.2 Å². The van der Waals surface area contributed by atoms with E-state index in [-0.39, 0.29) is 30.1 Å². The van der Waals surface area contributed by atoms with E-state index < -0.39 is 0 Å². The fraction of sp³-hybridized carbons (Fsp3) is 0.611. The molecular weight excluding hydrogens is 488 g/mol. The van der Waals surface area contributed by atoms with E-state index in [9.17, 15) is 0 Å². The van der Waals surface area contributed by atoms with E-state index in [1.54, 1.807) is 6.07 Å². The molecule has 0 aliphatic carbocycles. The highest BCUT2D eigenvalue weighted by atomic mass is 127. The van der Waals surface area contributed by atoms with Gasteiger partial charge in [-0.3, -0.25) is 4.99 Å². The molecule has 1 atom stereocenters. The van der Waals surface area contributed by atoms with Gasteiger partial charge in [-0.05, 0) is 49.9 Å². The lowest BCUT2D eigenvalue weighted by Gasteiger charge is -2.12. The van der Waals surface area contributed by atoms with Crippen LogP contribution in [0.1, 0.15) is 25.3 Å². The van der Waals surface area contributed by atoms with E-state index in [2.05, 4.69) is 22.5 Å². The highest BCUT2D eigenvalue weighted by molar-refractivity contribution is 14.0. The van der Waals surface area contributed by atoms with E-state index in [4.69, 9.17) is 32.7 Å². The summed E-state index contributed by atoms with van der Waals surface area (Å²) < 4.78 is 11.0. The van der Waals surface area contributed by atoms with Gasteiger partial charge in [0.15, 0.2) is 5.96 Å². The first kappa shape index (κ1) is 23.8. The Labute approximate surface area is 183 Å². The number of rotatable bonds is 9. The zero-order chi connectivity index (χ0) is 17.9. The van der Waals surface area contributed by atoms with Gasteiger partial charge in [0.25, 0.3) is 0 Å². The van der Waals surface area contributed by atoms with Gasteiger partial charge in [-0.15, -0.1) is 24.0 Å². The summed E-state index contributed by atoms with van der Waals surface area (Å²) >= 11 is 12.1. The largest absolute Gasteiger partial charge is 0.379 e. The van der Waals surface area contributed by atoms with Crippen molar-refractivity contribution < 1.29 is 9.47 Å². The van der Waals surface area contributed by atoms with Crippen LogP contribution in [0, 0.1) is 0 Å². The number of halogens is 3. The van der Waals surface area contributed by atoms with Crippen molar-refractivity contribution in [3.8, 4) is 0 Å². The summed E-state index contributed by atoms with van der Waals surface area (Å²) in [5, 5.41) is 7.91. The lowest BCUT2D eigenvalue weighted by Crippen LogP contribution is -2.38. The van der Waals surface area contributed by atoms with E-state index in [1.807, 2.05) is 12.1 Å². The van der Waals surface area contributed by atoms with Gasteiger partial charge in [0.05, 0.1) is 12.7 Å². The minimum absolute atomic E-state index is 0. The molecule has 1 heterocycles. The molecule has 1 aromatic rings. The Hall–Kier alpha value is -0.280. The van der Waals surface area contributed by atoms with Crippen LogP contribution in [0.5, 0.6) is 0 Å². The van der Waals surface area contributed by atoms with Crippen LogP contribution in [0.25, 0.3) is 0 Å². The molecular formula is C18H28Cl2IN3O2. The molecule has 26 heavy (non-hydrogen) atoms. The summed E-state index contributed by atoms with van der Waals surface area (Å²) in [5.41, 5.74) is 1.10. The van der Waals surface area contributed by atoms with Gasteiger partial charge >= 0.3 is 0 Å². The summed E-state index contributed by atoms with van der Waals surface area (Å²) in [7, 11) is 0. The number of nitrogens with one attached hydrogen (secondary N) is 2. The van der Waals surface area contributed by atoms with E-state index in [0.29, 0.717) is 10.0 Å². The molecule has 0 amide bonds. The zero-order valence-corrected chi connectivity index (χ0v) is 18.9. The van der Waals surface area contributed by atoms with Crippen molar-refractivity contribution in [1.29, 1.82) is 0 Å². The first-order chi connectivity index (χ1) is 12.2. The smallest absolute Gasteiger partial charge is 0.191 e. The number of guanidine groups is 1. The molecule has 5 nitrogen and oxygen atoms in total. The lowest BCUT2D eigenvalue weighted by molar-refractivity contribution is 0.0424. The molecule has 1 aliphatic heterocycles. The molecule has 1 aromatic carbocycles. The summed E-state index contributed by atoms with van der Waals surface area (Å²) in [4.78, 5) is 4.57. The van der Waals surface area contributed by atoms with Gasteiger partial charge in [-0.25, -0.2) is 0 Å². The molecule has 1 aliphatic rings. The minimum atomic E-state index is 0. The van der Waals surface area contributed by atoms with Gasteiger partial charge in [-0.2, -0.15) is 0 Å². The molecule has 8 heteroatoms. The van der Waals surface area contributed by atoms with Gasteiger partial charge in [0.1, 0.15) is 0 Å². The third-order valence-corrected chi connectivity index (χ3v) is 4.22. The molecule has 1 saturated heterocycles. The fourth-order valence-corrected chi connectivity index (χ4v) is 3.14. The number of hydrogen-bond acceptors (Lipinski definition) is 3. The van der Waals surface area contributed by atoms with Crippen LogP contribution >= 0.6 is 47.2 Å². The van der Waals surface area contributed by atoms with Crippen molar-refractivity contribution in [3.05, 3.63) is 33.8 Å². The second-order valence-corrected chi connectivity index (χ2v) is 6.80. The highest BCUT2D eigenvalue weighted by Crippen LogP contribution is 2.19. The standard InChI is InChI=1S/C18H27Cl2N3O2.HI/c1-2-21-18(22-6-3-8-25-17-5-9-24-13-17)23-7-4-14-10-15(19)12-16(20)11-14;/h10-12,17H,2-9,13H2,1H3,(H2,21,22,23);1H. The maximum absolute atomic E-state index is 6.03. The molecule has 0 spiro atoms. The molecule has 0 bridgehead atoms. The molecule has 2 rings (SSSR count). The fourth-order valence-electron chi connectivity index (χ4n) is 2.57. The van der Waals surface area contributed by atoms with Crippen LogP contribution < -0.4 is 10.6 Å². The summed E-state index contributed by atoms with van der Waals surface area (Å²) in [5.74, 6) is 0.819. The van der Waals surface area contributed by atoms with Crippen molar-refractivity contribution in [2.24, 2.45) is 4.99 Å². The number of aliphatic imine (C=N–C) groups is 1. The second kappa shape index (κ2) is 13.8. The lowest BCUT2D eigenvalue weighted by atomic mass is 10.1. The van der Waals surface area contributed by atoms with Crippen LogP contribution in [-0.2, 0) is 15.9 Å². The van der Waals surface area contributed by atoms with Crippen LogP contribution in [0.2, 0.25) is 10.0 Å². The number of ether oxygens (including phenoxy) is 2. The Morgan fingerprint density at radius 2 is 2.04 bits per heavy atom. The van der Waals surface area contributed by atoms with E-state index in [1.165, 1.54) is 0 Å². The molecule has 148 valence electrons. The Kier molecular flexibility index (Phi) is 12.6. The number of nitrogens with zero attached hydrogens (tertiary/aromatic N) is 1. The zero-order valence-electron chi connectivity index (χ0n) is 15.1. The third-order valence-electron chi connectivity index (χ3n) is 3.79. The first-order valence-corrected chi connectivity index (χ1v) is 9.59. The van der Waals surface area contributed by atoms with Crippen LogP contribution in [0.3, 0.4) is 0 Å². The van der Waals surface area contributed by atoms with Gasteiger partial charge in [0, 0.05) is 42.9 Å². The maximum Gasteiger partial charge on any atom is 0.191 e. The summed E-state index contributed by atoms with van der Waals surface area (Å²) in [6.07, 6.45) is 2.99. The highest BCUT2D eigenvalue weighted by Gasteiger charge is 2.15. The van der Waals surface area contributed by atoms with E-state index in [0.717, 1.165) is 70.2 Å². The quantitative estimate of drug-likeness (QED) is 0.226. The Morgan fingerprint density at radius 1 is 1.27 bits per heavy atom. The molecule has 0 aromatic heterocycles. The van der Waals surface area contributed by atoms with Crippen molar-refractivity contribution >= 4 is 53.1 Å². The van der Waals surface area contributed by atoms with Crippen molar-refractivity contribution in [1.82, 2.24) is 10.6 Å². The maximum atomic E-state index is 6.03. The van der Waals surface area contributed by atoms with Crippen LogP contribution in [0.4, 0.5) is 0 Å². The second-order valence-electron chi connectivity index (χ2n) is 5.93. The summed E-state index contributed by atoms with van der Waals surface area (Å²) in [6.45, 7) is 6.63. The third kappa shape index (κ3) is 9.60. The van der Waals surface area contributed by atoms with Crippen molar-refractivity contribution in [2.75, 3.05) is 39.5 Å². The molecule has 1 fully saturated rings. The molecule has 2 N–H and O–H groups in total. The first-order valence-electron chi connectivity index (χ1n) is 8.84. The predicted octanol–water partition coefficient (Wildman–Crippen LogP) is 3.90. The van der Waals surface area contributed by atoms with Crippen molar-refractivity contribution in [3.63, 3.8) is 0 Å². The van der Waals surface area contributed by atoms with Crippen molar-refractivity contribution in [2.45, 2.75) is 32.3 Å². The molecule has 1 unspecified atom stereocenters. The number of benzene rings is 1. The predicted molar refractivity (Wildman–Crippen MR) is 119 cm³/mol. The topological polar surface area (TPSA) is 54.9 Å². The SMILES string of the molecule is CCNC(=NCCCOC1CCOC1)NCCc1cc(Cl)cc(Cl)c1.I.